The van der Waals surface area contributed by atoms with Crippen molar-refractivity contribution in [3.63, 3.8) is 0 Å². The first kappa shape index (κ1) is 16.0. The minimum atomic E-state index is -3.54. The highest BCUT2D eigenvalue weighted by Crippen LogP contribution is 2.25. The molecule has 1 N–H and O–H groups in total. The summed E-state index contributed by atoms with van der Waals surface area (Å²) in [6.07, 6.45) is 4.14. The number of benzene rings is 1. The number of hydrogen-bond acceptors (Lipinski definition) is 4. The number of hydrogen-bond donors (Lipinski definition) is 1. The van der Waals surface area contributed by atoms with Crippen molar-refractivity contribution in [3.8, 4) is 0 Å². The lowest BCUT2D eigenvalue weighted by Gasteiger charge is -2.29. The smallest absolute Gasteiger partial charge is 0.337 e. The van der Waals surface area contributed by atoms with Gasteiger partial charge >= 0.3 is 5.97 Å². The SMILES string of the molecule is COC(=O)c1ccc(S(=O)(=O)N[C@@H]2CCCC[C@H]2C)cc1. The van der Waals surface area contributed by atoms with E-state index in [4.69, 9.17) is 0 Å². The third-order valence-corrected chi connectivity index (χ3v) is 5.51. The molecule has 0 radical (unpaired) electrons. The Morgan fingerprint density at radius 3 is 2.38 bits per heavy atom. The molecule has 6 heteroatoms. The molecule has 1 aliphatic rings. The molecule has 1 saturated carbocycles. The van der Waals surface area contributed by atoms with Gasteiger partial charge in [-0.25, -0.2) is 17.9 Å². The second kappa shape index (κ2) is 6.58. The summed E-state index contributed by atoms with van der Waals surface area (Å²) >= 11 is 0. The molecule has 21 heavy (non-hydrogen) atoms. The first-order valence-corrected chi connectivity index (χ1v) is 8.63. The second-order valence-electron chi connectivity index (χ2n) is 5.51. The number of rotatable bonds is 4. The van der Waals surface area contributed by atoms with Crippen molar-refractivity contribution in [2.45, 2.75) is 43.5 Å². The third kappa shape index (κ3) is 3.83. The number of ether oxygens (including phenoxy) is 1. The highest BCUT2D eigenvalue weighted by molar-refractivity contribution is 7.89. The zero-order valence-corrected chi connectivity index (χ0v) is 13.2. The summed E-state index contributed by atoms with van der Waals surface area (Å²) in [5, 5.41) is 0. The van der Waals surface area contributed by atoms with E-state index in [-0.39, 0.29) is 10.9 Å². The number of methoxy groups -OCH3 is 1. The quantitative estimate of drug-likeness (QED) is 0.866. The molecular formula is C15H21NO4S. The van der Waals surface area contributed by atoms with Gasteiger partial charge in [-0.2, -0.15) is 0 Å². The molecule has 0 unspecified atom stereocenters. The maximum atomic E-state index is 12.4. The summed E-state index contributed by atoms with van der Waals surface area (Å²) in [6, 6.07) is 5.78. The van der Waals surface area contributed by atoms with E-state index in [1.54, 1.807) is 0 Å². The summed E-state index contributed by atoms with van der Waals surface area (Å²) in [7, 11) is -2.25. The van der Waals surface area contributed by atoms with Gasteiger partial charge in [0.1, 0.15) is 0 Å². The molecule has 0 aliphatic heterocycles. The van der Waals surface area contributed by atoms with Crippen LogP contribution in [0, 0.1) is 5.92 Å². The number of carbonyl (C=O) groups excluding carboxylic acids is 1. The molecule has 1 fully saturated rings. The zero-order chi connectivity index (χ0) is 15.5. The topological polar surface area (TPSA) is 72.5 Å². The predicted octanol–water partition coefficient (Wildman–Crippen LogP) is 2.33. The third-order valence-electron chi connectivity index (χ3n) is 4.00. The van der Waals surface area contributed by atoms with E-state index < -0.39 is 16.0 Å². The molecule has 5 nitrogen and oxygen atoms in total. The molecular weight excluding hydrogens is 290 g/mol. The number of carbonyl (C=O) groups is 1. The van der Waals surface area contributed by atoms with Gasteiger partial charge in [0.2, 0.25) is 10.0 Å². The van der Waals surface area contributed by atoms with E-state index in [2.05, 4.69) is 16.4 Å². The Labute approximate surface area is 125 Å². The van der Waals surface area contributed by atoms with E-state index >= 15 is 0 Å². The van der Waals surface area contributed by atoms with Crippen molar-refractivity contribution in [3.05, 3.63) is 29.8 Å². The Morgan fingerprint density at radius 1 is 1.19 bits per heavy atom. The first-order chi connectivity index (χ1) is 9.94. The molecule has 0 heterocycles. The Morgan fingerprint density at radius 2 is 1.81 bits per heavy atom. The van der Waals surface area contributed by atoms with Crippen molar-refractivity contribution in [2.24, 2.45) is 5.92 Å². The van der Waals surface area contributed by atoms with Gasteiger partial charge < -0.3 is 4.74 Å². The molecule has 0 bridgehead atoms. The van der Waals surface area contributed by atoms with Crippen LogP contribution in [0.15, 0.2) is 29.2 Å². The van der Waals surface area contributed by atoms with Gasteiger partial charge in [-0.3, -0.25) is 0 Å². The number of nitrogens with one attached hydrogen (secondary N) is 1. The molecule has 1 aliphatic carbocycles. The van der Waals surface area contributed by atoms with Gasteiger partial charge in [0, 0.05) is 6.04 Å². The summed E-state index contributed by atoms with van der Waals surface area (Å²) in [4.78, 5) is 11.5. The average molecular weight is 311 g/mol. The fourth-order valence-electron chi connectivity index (χ4n) is 2.65. The van der Waals surface area contributed by atoms with E-state index in [0.717, 1.165) is 25.7 Å². The van der Waals surface area contributed by atoms with Crippen LogP contribution in [0.3, 0.4) is 0 Å². The summed E-state index contributed by atoms with van der Waals surface area (Å²) < 4.78 is 32.1. The molecule has 0 spiro atoms. The summed E-state index contributed by atoms with van der Waals surface area (Å²) in [6.45, 7) is 2.08. The van der Waals surface area contributed by atoms with Crippen LogP contribution in [0.25, 0.3) is 0 Å². The lowest BCUT2D eigenvalue weighted by Crippen LogP contribution is -2.40. The molecule has 116 valence electrons. The van der Waals surface area contributed by atoms with Crippen LogP contribution in [0.4, 0.5) is 0 Å². The molecule has 0 amide bonds. The Balaban J connectivity index is 2.13. The largest absolute Gasteiger partial charge is 0.465 e. The molecule has 2 atom stereocenters. The van der Waals surface area contributed by atoms with Crippen LogP contribution in [0.1, 0.15) is 43.0 Å². The van der Waals surface area contributed by atoms with Gasteiger partial charge in [-0.05, 0) is 43.0 Å². The van der Waals surface area contributed by atoms with Crippen LogP contribution < -0.4 is 4.72 Å². The lowest BCUT2D eigenvalue weighted by molar-refractivity contribution is 0.0600. The maximum absolute atomic E-state index is 12.4. The molecule has 1 aromatic rings. The van der Waals surface area contributed by atoms with Crippen molar-refractivity contribution >= 4 is 16.0 Å². The fourth-order valence-corrected chi connectivity index (χ4v) is 4.03. The predicted molar refractivity (Wildman–Crippen MR) is 79.5 cm³/mol. The van der Waals surface area contributed by atoms with Crippen LogP contribution in [-0.4, -0.2) is 27.5 Å². The van der Waals surface area contributed by atoms with Gasteiger partial charge in [0.15, 0.2) is 0 Å². The highest BCUT2D eigenvalue weighted by atomic mass is 32.2. The van der Waals surface area contributed by atoms with E-state index in [1.807, 2.05) is 0 Å². The molecule has 1 aromatic carbocycles. The Kier molecular flexibility index (Phi) is 5.00. The average Bonchev–Trinajstić information content (AvgIpc) is 2.49. The zero-order valence-electron chi connectivity index (χ0n) is 12.3. The van der Waals surface area contributed by atoms with Crippen LogP contribution in [0.5, 0.6) is 0 Å². The van der Waals surface area contributed by atoms with Gasteiger partial charge in [-0.15, -0.1) is 0 Å². The van der Waals surface area contributed by atoms with Crippen LogP contribution in [0.2, 0.25) is 0 Å². The van der Waals surface area contributed by atoms with Crippen molar-refractivity contribution < 1.29 is 17.9 Å². The van der Waals surface area contributed by atoms with Gasteiger partial charge in [0.25, 0.3) is 0 Å². The maximum Gasteiger partial charge on any atom is 0.337 e. The van der Waals surface area contributed by atoms with Crippen LogP contribution in [-0.2, 0) is 14.8 Å². The van der Waals surface area contributed by atoms with Gasteiger partial charge in [-0.1, -0.05) is 19.8 Å². The minimum Gasteiger partial charge on any atom is -0.465 e. The Bertz CT molecular complexity index is 595. The molecule has 2 rings (SSSR count). The standard InChI is InChI=1S/C15H21NO4S/c1-11-5-3-4-6-14(11)16-21(18,19)13-9-7-12(8-10-13)15(17)20-2/h7-11,14,16H,3-6H2,1-2H3/t11-,14-/m1/s1. The number of esters is 1. The molecule has 0 aromatic heterocycles. The van der Waals surface area contributed by atoms with E-state index in [9.17, 15) is 13.2 Å². The van der Waals surface area contributed by atoms with E-state index in [1.165, 1.54) is 31.4 Å². The lowest BCUT2D eigenvalue weighted by atomic mass is 9.87. The molecule has 0 saturated heterocycles. The van der Waals surface area contributed by atoms with Crippen LogP contribution >= 0.6 is 0 Å². The second-order valence-corrected chi connectivity index (χ2v) is 7.22. The monoisotopic (exact) mass is 311 g/mol. The first-order valence-electron chi connectivity index (χ1n) is 7.15. The van der Waals surface area contributed by atoms with Crippen molar-refractivity contribution in [1.82, 2.24) is 4.72 Å². The van der Waals surface area contributed by atoms with Gasteiger partial charge in [0.05, 0.1) is 17.6 Å². The van der Waals surface area contributed by atoms with E-state index in [0.29, 0.717) is 11.5 Å². The minimum absolute atomic E-state index is 0.0102. The Hall–Kier alpha value is -1.40. The summed E-state index contributed by atoms with van der Waals surface area (Å²) in [5.74, 6) is -0.129. The summed E-state index contributed by atoms with van der Waals surface area (Å²) in [5.41, 5.74) is 0.336. The normalized spacial score (nSPS) is 22.8. The van der Waals surface area contributed by atoms with Crippen molar-refractivity contribution in [1.29, 1.82) is 0 Å². The number of sulfonamides is 1. The fraction of sp³-hybridized carbons (Fsp3) is 0.533. The highest BCUT2D eigenvalue weighted by Gasteiger charge is 2.26. The van der Waals surface area contributed by atoms with Crippen molar-refractivity contribution in [2.75, 3.05) is 7.11 Å².